The number of hydrogen-bond acceptors (Lipinski definition) is 4. The Labute approximate surface area is 168 Å². The molecule has 0 bridgehead atoms. The van der Waals surface area contributed by atoms with Crippen molar-refractivity contribution in [3.63, 3.8) is 0 Å². The van der Waals surface area contributed by atoms with Crippen molar-refractivity contribution in [3.8, 4) is 11.3 Å². The van der Waals surface area contributed by atoms with Gasteiger partial charge >= 0.3 is 0 Å². The molecule has 1 amide bonds. The predicted molar refractivity (Wildman–Crippen MR) is 111 cm³/mol. The summed E-state index contributed by atoms with van der Waals surface area (Å²) in [6.07, 6.45) is 0. The molecule has 1 fully saturated rings. The minimum Gasteiger partial charge on any atom is -0.451 e. The van der Waals surface area contributed by atoms with Gasteiger partial charge in [0, 0.05) is 35.1 Å². The van der Waals surface area contributed by atoms with Crippen molar-refractivity contribution in [3.05, 3.63) is 70.9 Å². The lowest BCUT2D eigenvalue weighted by molar-refractivity contribution is 0.0997. The minimum atomic E-state index is -0.287. The van der Waals surface area contributed by atoms with Crippen LogP contribution in [-0.4, -0.2) is 32.2 Å². The van der Waals surface area contributed by atoms with E-state index in [4.69, 9.17) is 20.8 Å². The normalized spacial score (nSPS) is 14.1. The second kappa shape index (κ2) is 8.09. The van der Waals surface area contributed by atoms with Crippen LogP contribution in [-0.2, 0) is 4.74 Å². The lowest BCUT2D eigenvalue weighted by Crippen LogP contribution is -2.36. The van der Waals surface area contributed by atoms with E-state index < -0.39 is 0 Å². The van der Waals surface area contributed by atoms with E-state index in [0.29, 0.717) is 10.8 Å². The fourth-order valence-corrected chi connectivity index (χ4v) is 3.42. The number of ether oxygens (including phenoxy) is 1. The highest BCUT2D eigenvalue weighted by molar-refractivity contribution is 6.31. The second-order valence-corrected chi connectivity index (χ2v) is 7.08. The molecule has 5 nitrogen and oxygen atoms in total. The summed E-state index contributed by atoms with van der Waals surface area (Å²) in [5.41, 5.74) is 3.64. The summed E-state index contributed by atoms with van der Waals surface area (Å²) in [6.45, 7) is 5.17. The number of nitrogens with one attached hydrogen (secondary N) is 1. The van der Waals surface area contributed by atoms with E-state index >= 15 is 0 Å². The van der Waals surface area contributed by atoms with Crippen LogP contribution in [0.2, 0.25) is 5.02 Å². The molecular weight excluding hydrogens is 376 g/mol. The Kier molecular flexibility index (Phi) is 5.37. The first-order chi connectivity index (χ1) is 13.6. The van der Waals surface area contributed by atoms with Gasteiger partial charge in [-0.05, 0) is 55.0 Å². The van der Waals surface area contributed by atoms with Crippen LogP contribution < -0.4 is 10.2 Å². The molecule has 3 aromatic rings. The van der Waals surface area contributed by atoms with E-state index in [9.17, 15) is 4.79 Å². The van der Waals surface area contributed by atoms with Gasteiger partial charge in [0.2, 0.25) is 0 Å². The lowest BCUT2D eigenvalue weighted by atomic mass is 10.1. The maximum atomic E-state index is 12.5. The van der Waals surface area contributed by atoms with E-state index in [1.807, 2.05) is 49.4 Å². The van der Waals surface area contributed by atoms with Gasteiger partial charge in [-0.2, -0.15) is 0 Å². The zero-order valence-corrected chi connectivity index (χ0v) is 16.3. The first kappa shape index (κ1) is 18.6. The van der Waals surface area contributed by atoms with Gasteiger partial charge in [-0.25, -0.2) is 0 Å². The summed E-state index contributed by atoms with van der Waals surface area (Å²) in [6, 6.07) is 16.9. The molecular formula is C22H21ClN2O3. The van der Waals surface area contributed by atoms with Crippen molar-refractivity contribution in [2.45, 2.75) is 6.92 Å². The van der Waals surface area contributed by atoms with Gasteiger partial charge < -0.3 is 19.4 Å². The molecule has 0 unspecified atom stereocenters. The molecule has 0 saturated carbocycles. The van der Waals surface area contributed by atoms with Gasteiger partial charge in [0.25, 0.3) is 5.91 Å². The van der Waals surface area contributed by atoms with Crippen LogP contribution in [0.3, 0.4) is 0 Å². The zero-order valence-electron chi connectivity index (χ0n) is 15.6. The topological polar surface area (TPSA) is 54.7 Å². The minimum absolute atomic E-state index is 0.256. The van der Waals surface area contributed by atoms with Gasteiger partial charge in [0.05, 0.1) is 13.2 Å². The van der Waals surface area contributed by atoms with Crippen LogP contribution in [0.4, 0.5) is 11.4 Å². The Hall–Kier alpha value is -2.76. The number of furan rings is 1. The number of hydrogen-bond donors (Lipinski definition) is 1. The van der Waals surface area contributed by atoms with E-state index in [2.05, 4.69) is 10.2 Å². The molecule has 0 spiro atoms. The molecule has 0 radical (unpaired) electrons. The van der Waals surface area contributed by atoms with Crippen LogP contribution in [0.15, 0.2) is 59.0 Å². The Balaban J connectivity index is 1.45. The molecule has 1 aliphatic rings. The second-order valence-electron chi connectivity index (χ2n) is 6.68. The molecule has 0 atom stereocenters. The number of benzene rings is 2. The Morgan fingerprint density at radius 2 is 1.79 bits per heavy atom. The SMILES string of the molecule is Cc1c(Cl)cccc1-c1ccc(C(=O)Nc2ccc(N3CCOCC3)cc2)o1. The van der Waals surface area contributed by atoms with Crippen molar-refractivity contribution < 1.29 is 13.9 Å². The standard InChI is InChI=1S/C22H21ClN2O3/c1-15-18(3-2-4-19(15)23)20-9-10-21(28-20)22(26)24-16-5-7-17(8-6-16)25-11-13-27-14-12-25/h2-10H,11-14H2,1H3,(H,24,26). The first-order valence-corrected chi connectivity index (χ1v) is 9.59. The summed E-state index contributed by atoms with van der Waals surface area (Å²) < 4.78 is 11.1. The highest BCUT2D eigenvalue weighted by Crippen LogP contribution is 2.30. The predicted octanol–water partition coefficient (Wildman–Crippen LogP) is 5.00. The molecule has 1 aromatic heterocycles. The molecule has 1 aliphatic heterocycles. The fraction of sp³-hybridized carbons (Fsp3) is 0.227. The molecule has 6 heteroatoms. The quantitative estimate of drug-likeness (QED) is 0.674. The average molecular weight is 397 g/mol. The highest BCUT2D eigenvalue weighted by atomic mass is 35.5. The first-order valence-electron chi connectivity index (χ1n) is 9.21. The Morgan fingerprint density at radius 1 is 1.04 bits per heavy atom. The zero-order chi connectivity index (χ0) is 19.5. The number of amides is 1. The largest absolute Gasteiger partial charge is 0.451 e. The number of carbonyl (C=O) groups is 1. The van der Waals surface area contributed by atoms with E-state index in [1.54, 1.807) is 12.1 Å². The fourth-order valence-electron chi connectivity index (χ4n) is 3.25. The summed E-state index contributed by atoms with van der Waals surface area (Å²) in [7, 11) is 0. The summed E-state index contributed by atoms with van der Waals surface area (Å²) in [5, 5.41) is 3.54. The average Bonchev–Trinajstić information content (AvgIpc) is 3.21. The number of anilines is 2. The molecule has 2 heterocycles. The van der Waals surface area contributed by atoms with Gasteiger partial charge in [0.1, 0.15) is 5.76 Å². The monoisotopic (exact) mass is 396 g/mol. The van der Waals surface area contributed by atoms with Crippen LogP contribution in [0.5, 0.6) is 0 Å². The number of morpholine rings is 1. The summed E-state index contributed by atoms with van der Waals surface area (Å²) >= 11 is 6.18. The Bertz CT molecular complexity index is 976. The summed E-state index contributed by atoms with van der Waals surface area (Å²) in [5.74, 6) is 0.588. The number of carbonyl (C=O) groups excluding carboxylic acids is 1. The molecule has 1 N–H and O–H groups in total. The maximum absolute atomic E-state index is 12.5. The van der Waals surface area contributed by atoms with Gasteiger partial charge in [-0.1, -0.05) is 23.7 Å². The van der Waals surface area contributed by atoms with Crippen molar-refractivity contribution in [1.29, 1.82) is 0 Å². The van der Waals surface area contributed by atoms with Crippen LogP contribution in [0, 0.1) is 6.92 Å². The third-order valence-corrected chi connectivity index (χ3v) is 5.27. The number of rotatable bonds is 4. The van der Waals surface area contributed by atoms with Crippen molar-refractivity contribution in [1.82, 2.24) is 0 Å². The van der Waals surface area contributed by atoms with Crippen molar-refractivity contribution in [2.75, 3.05) is 36.5 Å². The van der Waals surface area contributed by atoms with Gasteiger partial charge in [0.15, 0.2) is 5.76 Å². The molecule has 1 saturated heterocycles. The van der Waals surface area contributed by atoms with E-state index in [0.717, 1.165) is 48.8 Å². The lowest BCUT2D eigenvalue weighted by Gasteiger charge is -2.28. The van der Waals surface area contributed by atoms with Crippen LogP contribution >= 0.6 is 11.6 Å². The maximum Gasteiger partial charge on any atom is 0.291 e. The van der Waals surface area contributed by atoms with Crippen LogP contribution in [0.25, 0.3) is 11.3 Å². The Morgan fingerprint density at radius 3 is 2.54 bits per heavy atom. The molecule has 28 heavy (non-hydrogen) atoms. The number of nitrogens with zero attached hydrogens (tertiary/aromatic N) is 1. The third kappa shape index (κ3) is 3.91. The number of halogens is 1. The summed E-state index contributed by atoms with van der Waals surface area (Å²) in [4.78, 5) is 14.8. The molecule has 4 rings (SSSR count). The molecule has 0 aliphatic carbocycles. The van der Waals surface area contributed by atoms with Gasteiger partial charge in [-0.15, -0.1) is 0 Å². The molecule has 144 valence electrons. The highest BCUT2D eigenvalue weighted by Gasteiger charge is 2.15. The van der Waals surface area contributed by atoms with Crippen LogP contribution in [0.1, 0.15) is 16.1 Å². The smallest absolute Gasteiger partial charge is 0.291 e. The van der Waals surface area contributed by atoms with Gasteiger partial charge in [-0.3, -0.25) is 4.79 Å². The molecule has 2 aromatic carbocycles. The third-order valence-electron chi connectivity index (χ3n) is 4.86. The van der Waals surface area contributed by atoms with Crippen molar-refractivity contribution >= 4 is 28.9 Å². The van der Waals surface area contributed by atoms with E-state index in [1.165, 1.54) is 0 Å². The van der Waals surface area contributed by atoms with E-state index in [-0.39, 0.29) is 11.7 Å². The van der Waals surface area contributed by atoms with Crippen molar-refractivity contribution in [2.24, 2.45) is 0 Å².